The number of rotatable bonds is 5. The van der Waals surface area contributed by atoms with Crippen molar-refractivity contribution in [2.75, 3.05) is 11.0 Å². The highest BCUT2D eigenvalue weighted by molar-refractivity contribution is 7.92. The summed E-state index contributed by atoms with van der Waals surface area (Å²) in [7, 11) is -3.26. The van der Waals surface area contributed by atoms with Crippen LogP contribution in [-0.4, -0.2) is 20.5 Å². The van der Waals surface area contributed by atoms with E-state index in [0.29, 0.717) is 23.6 Å². The molecular weight excluding hydrogens is 238 g/mol. The zero-order chi connectivity index (χ0) is 13.1. The highest BCUT2D eigenvalue weighted by Crippen LogP contribution is 2.14. The highest BCUT2D eigenvalue weighted by atomic mass is 32.2. The molecule has 1 aromatic rings. The van der Waals surface area contributed by atoms with Gasteiger partial charge in [-0.3, -0.25) is 9.52 Å². The first-order valence-corrected chi connectivity index (χ1v) is 7.28. The van der Waals surface area contributed by atoms with Crippen molar-refractivity contribution in [3.05, 3.63) is 29.8 Å². The number of hydrogen-bond donors (Lipinski definition) is 1. The van der Waals surface area contributed by atoms with Gasteiger partial charge in [-0.1, -0.05) is 13.8 Å². The molecule has 1 rings (SSSR count). The van der Waals surface area contributed by atoms with E-state index >= 15 is 0 Å². The Morgan fingerprint density at radius 2 is 1.76 bits per heavy atom. The Morgan fingerprint density at radius 1 is 1.24 bits per heavy atom. The molecule has 0 aliphatic heterocycles. The molecule has 1 N–H and O–H groups in total. The Kier molecular flexibility index (Phi) is 4.28. The molecule has 0 bridgehead atoms. The third kappa shape index (κ3) is 4.99. The van der Waals surface area contributed by atoms with Crippen molar-refractivity contribution in [1.29, 1.82) is 0 Å². The SMILES string of the molecule is CC(C)CC(=O)c1ccc(NS(C)(=O)=O)cc1. The minimum atomic E-state index is -3.26. The summed E-state index contributed by atoms with van der Waals surface area (Å²) in [6.07, 6.45) is 1.59. The van der Waals surface area contributed by atoms with Crippen LogP contribution in [0.15, 0.2) is 24.3 Å². The number of anilines is 1. The third-order valence-corrected chi connectivity index (χ3v) is 2.71. The Bertz CT molecular complexity index is 489. The largest absolute Gasteiger partial charge is 0.294 e. The first kappa shape index (κ1) is 13.7. The van der Waals surface area contributed by atoms with Crippen LogP contribution < -0.4 is 4.72 Å². The van der Waals surface area contributed by atoms with Crippen molar-refractivity contribution < 1.29 is 13.2 Å². The van der Waals surface area contributed by atoms with Gasteiger partial charge in [-0.2, -0.15) is 0 Å². The van der Waals surface area contributed by atoms with E-state index < -0.39 is 10.0 Å². The van der Waals surface area contributed by atoms with Crippen LogP contribution >= 0.6 is 0 Å². The standard InChI is InChI=1S/C12H17NO3S/c1-9(2)8-12(14)10-4-6-11(7-5-10)13-17(3,15)16/h4-7,9,13H,8H2,1-3H3. The van der Waals surface area contributed by atoms with Gasteiger partial charge in [0.1, 0.15) is 0 Å². The van der Waals surface area contributed by atoms with E-state index in [1.165, 1.54) is 0 Å². The zero-order valence-electron chi connectivity index (χ0n) is 10.2. The molecule has 5 heteroatoms. The van der Waals surface area contributed by atoms with Crippen molar-refractivity contribution in [3.63, 3.8) is 0 Å². The average molecular weight is 255 g/mol. The van der Waals surface area contributed by atoms with Gasteiger partial charge in [0.15, 0.2) is 5.78 Å². The molecule has 0 unspecified atom stereocenters. The van der Waals surface area contributed by atoms with Gasteiger partial charge in [0, 0.05) is 17.7 Å². The number of hydrogen-bond acceptors (Lipinski definition) is 3. The van der Waals surface area contributed by atoms with Gasteiger partial charge >= 0.3 is 0 Å². The number of sulfonamides is 1. The predicted molar refractivity (Wildman–Crippen MR) is 68.7 cm³/mol. The number of carbonyl (C=O) groups is 1. The van der Waals surface area contributed by atoms with Crippen molar-refractivity contribution in [3.8, 4) is 0 Å². The molecule has 0 saturated heterocycles. The third-order valence-electron chi connectivity index (χ3n) is 2.10. The van der Waals surface area contributed by atoms with Gasteiger partial charge < -0.3 is 0 Å². The zero-order valence-corrected chi connectivity index (χ0v) is 11.0. The van der Waals surface area contributed by atoms with Crippen molar-refractivity contribution in [1.82, 2.24) is 0 Å². The molecule has 0 heterocycles. The lowest BCUT2D eigenvalue weighted by atomic mass is 10.0. The van der Waals surface area contributed by atoms with Gasteiger partial charge in [0.05, 0.1) is 6.26 Å². The van der Waals surface area contributed by atoms with E-state index in [1.54, 1.807) is 24.3 Å². The Morgan fingerprint density at radius 3 is 2.18 bits per heavy atom. The molecule has 0 amide bonds. The normalized spacial score (nSPS) is 11.5. The van der Waals surface area contributed by atoms with Crippen LogP contribution in [0.25, 0.3) is 0 Å². The molecule has 17 heavy (non-hydrogen) atoms. The summed E-state index contributed by atoms with van der Waals surface area (Å²) >= 11 is 0. The summed E-state index contributed by atoms with van der Waals surface area (Å²) in [6.45, 7) is 3.97. The van der Waals surface area contributed by atoms with E-state index in [2.05, 4.69) is 4.72 Å². The summed E-state index contributed by atoms with van der Waals surface area (Å²) in [5.41, 5.74) is 1.08. The maximum absolute atomic E-state index is 11.7. The molecule has 0 aliphatic rings. The Labute approximate surface area is 102 Å². The maximum Gasteiger partial charge on any atom is 0.229 e. The second-order valence-corrected chi connectivity index (χ2v) is 6.22. The highest BCUT2D eigenvalue weighted by Gasteiger charge is 2.08. The van der Waals surface area contributed by atoms with Gasteiger partial charge in [-0.15, -0.1) is 0 Å². The number of Topliss-reactive ketones (excluding diaryl/α,β-unsaturated/α-hetero) is 1. The first-order valence-electron chi connectivity index (χ1n) is 5.39. The molecule has 1 aromatic carbocycles. The van der Waals surface area contributed by atoms with Crippen molar-refractivity contribution in [2.45, 2.75) is 20.3 Å². The number of nitrogens with one attached hydrogen (secondary N) is 1. The fraction of sp³-hybridized carbons (Fsp3) is 0.417. The minimum Gasteiger partial charge on any atom is -0.294 e. The average Bonchev–Trinajstić information content (AvgIpc) is 2.15. The second kappa shape index (κ2) is 5.31. The molecule has 0 atom stereocenters. The van der Waals surface area contributed by atoms with Crippen LogP contribution in [0.2, 0.25) is 0 Å². The van der Waals surface area contributed by atoms with Gasteiger partial charge in [0.2, 0.25) is 10.0 Å². The number of carbonyl (C=O) groups excluding carboxylic acids is 1. The first-order chi connectivity index (χ1) is 7.78. The smallest absolute Gasteiger partial charge is 0.229 e. The number of ketones is 1. The van der Waals surface area contributed by atoms with Gasteiger partial charge in [0.25, 0.3) is 0 Å². The molecule has 0 saturated carbocycles. The summed E-state index contributed by atoms with van der Waals surface area (Å²) in [6, 6.07) is 6.46. The summed E-state index contributed by atoms with van der Waals surface area (Å²) in [5, 5.41) is 0. The quantitative estimate of drug-likeness (QED) is 0.821. The molecule has 0 spiro atoms. The van der Waals surface area contributed by atoms with E-state index in [-0.39, 0.29) is 5.78 Å². The molecule has 0 aliphatic carbocycles. The predicted octanol–water partition coefficient (Wildman–Crippen LogP) is 2.29. The topological polar surface area (TPSA) is 63.2 Å². The lowest BCUT2D eigenvalue weighted by Crippen LogP contribution is -2.10. The molecular formula is C12H17NO3S. The van der Waals surface area contributed by atoms with Crippen molar-refractivity contribution in [2.24, 2.45) is 5.92 Å². The second-order valence-electron chi connectivity index (χ2n) is 4.47. The van der Waals surface area contributed by atoms with E-state index in [0.717, 1.165) is 6.26 Å². The van der Waals surface area contributed by atoms with E-state index in [9.17, 15) is 13.2 Å². The monoisotopic (exact) mass is 255 g/mol. The molecule has 0 aromatic heterocycles. The van der Waals surface area contributed by atoms with Gasteiger partial charge in [-0.05, 0) is 30.2 Å². The van der Waals surface area contributed by atoms with Crippen LogP contribution in [0.4, 0.5) is 5.69 Å². The fourth-order valence-corrected chi connectivity index (χ4v) is 1.99. The van der Waals surface area contributed by atoms with Crippen LogP contribution in [0, 0.1) is 5.92 Å². The van der Waals surface area contributed by atoms with Crippen LogP contribution in [0.1, 0.15) is 30.6 Å². The van der Waals surface area contributed by atoms with Crippen molar-refractivity contribution >= 4 is 21.5 Å². The lowest BCUT2D eigenvalue weighted by molar-refractivity contribution is 0.0968. The molecule has 4 nitrogen and oxygen atoms in total. The van der Waals surface area contributed by atoms with Crippen LogP contribution in [0.3, 0.4) is 0 Å². The molecule has 0 radical (unpaired) electrons. The Balaban J connectivity index is 2.78. The summed E-state index contributed by atoms with van der Waals surface area (Å²) in [5.74, 6) is 0.391. The molecule has 0 fully saturated rings. The lowest BCUT2D eigenvalue weighted by Gasteiger charge is -2.06. The van der Waals surface area contributed by atoms with E-state index in [1.807, 2.05) is 13.8 Å². The number of benzene rings is 1. The van der Waals surface area contributed by atoms with Gasteiger partial charge in [-0.25, -0.2) is 8.42 Å². The molecule has 94 valence electrons. The van der Waals surface area contributed by atoms with Crippen LogP contribution in [0.5, 0.6) is 0 Å². The van der Waals surface area contributed by atoms with Crippen LogP contribution in [-0.2, 0) is 10.0 Å². The summed E-state index contributed by atoms with van der Waals surface area (Å²) < 4.78 is 24.3. The maximum atomic E-state index is 11.7. The summed E-state index contributed by atoms with van der Waals surface area (Å²) in [4.78, 5) is 11.7. The van der Waals surface area contributed by atoms with E-state index in [4.69, 9.17) is 0 Å². The minimum absolute atomic E-state index is 0.0749. The Hall–Kier alpha value is -1.36. The fourth-order valence-electron chi connectivity index (χ4n) is 1.43.